The van der Waals surface area contributed by atoms with Crippen LogP contribution >= 0.6 is 11.8 Å². The summed E-state index contributed by atoms with van der Waals surface area (Å²) < 4.78 is 1.94. The Hall–Kier alpha value is -1.43. The van der Waals surface area contributed by atoms with Gasteiger partial charge in [-0.15, -0.1) is 10.2 Å². The number of H-pyrrole nitrogens is 1. The molecule has 0 fully saturated rings. The summed E-state index contributed by atoms with van der Waals surface area (Å²) in [6.07, 6.45) is 1.94. The van der Waals surface area contributed by atoms with Crippen molar-refractivity contribution in [3.8, 4) is 0 Å². The Labute approximate surface area is 91.3 Å². The van der Waals surface area contributed by atoms with Crippen LogP contribution in [0, 0.1) is 6.92 Å². The molecule has 1 unspecified atom stereocenters. The highest BCUT2D eigenvalue weighted by atomic mass is 32.2. The van der Waals surface area contributed by atoms with Crippen LogP contribution in [-0.4, -0.2) is 25.6 Å². The number of hydrogen-bond donors (Lipinski definition) is 2. The molecule has 3 heterocycles. The summed E-state index contributed by atoms with van der Waals surface area (Å²) in [4.78, 5) is 3.22. The molecular formula is C9H11N5S. The molecule has 5 nitrogen and oxygen atoms in total. The van der Waals surface area contributed by atoms with Crippen LogP contribution in [0.4, 0.5) is 0 Å². The number of aromatic nitrogens is 4. The number of aryl methyl sites for hydroxylation is 1. The lowest BCUT2D eigenvalue weighted by Crippen LogP contribution is -2.28. The van der Waals surface area contributed by atoms with Gasteiger partial charge in [-0.2, -0.15) is 0 Å². The standard InChI is InChI=1S/C9H11N5S/c1-6-11-12-9-14(6)13-8(5-15-9)7-3-2-4-10-7/h2-4,8,10,13H,5H2,1H3. The highest BCUT2D eigenvalue weighted by Gasteiger charge is 2.22. The van der Waals surface area contributed by atoms with E-state index in [9.17, 15) is 0 Å². The summed E-state index contributed by atoms with van der Waals surface area (Å²) in [6.45, 7) is 1.95. The summed E-state index contributed by atoms with van der Waals surface area (Å²) in [5.74, 6) is 1.87. The lowest BCUT2D eigenvalue weighted by Gasteiger charge is -2.24. The Morgan fingerprint density at radius 2 is 2.47 bits per heavy atom. The molecule has 1 atom stereocenters. The van der Waals surface area contributed by atoms with Gasteiger partial charge in [0, 0.05) is 17.6 Å². The first kappa shape index (κ1) is 8.84. The van der Waals surface area contributed by atoms with Crippen LogP contribution in [-0.2, 0) is 0 Å². The van der Waals surface area contributed by atoms with Gasteiger partial charge in [-0.05, 0) is 19.1 Å². The molecule has 0 saturated carbocycles. The van der Waals surface area contributed by atoms with E-state index in [0.717, 1.165) is 16.7 Å². The third-order valence-corrected chi connectivity index (χ3v) is 3.48. The Kier molecular flexibility index (Phi) is 1.95. The third kappa shape index (κ3) is 1.41. The van der Waals surface area contributed by atoms with Gasteiger partial charge in [0.1, 0.15) is 5.82 Å². The fraction of sp³-hybridized carbons (Fsp3) is 0.333. The molecule has 15 heavy (non-hydrogen) atoms. The van der Waals surface area contributed by atoms with Crippen molar-refractivity contribution in [1.29, 1.82) is 0 Å². The average molecular weight is 221 g/mol. The first-order valence-corrected chi connectivity index (χ1v) is 5.78. The minimum atomic E-state index is 0.298. The van der Waals surface area contributed by atoms with Crippen molar-refractivity contribution < 1.29 is 0 Å². The van der Waals surface area contributed by atoms with Gasteiger partial charge in [-0.25, -0.2) is 4.68 Å². The van der Waals surface area contributed by atoms with Gasteiger partial charge in [0.25, 0.3) is 0 Å². The van der Waals surface area contributed by atoms with Gasteiger partial charge < -0.3 is 10.4 Å². The number of nitrogens with zero attached hydrogens (tertiary/aromatic N) is 3. The second-order valence-corrected chi connectivity index (χ2v) is 4.47. The second-order valence-electron chi connectivity index (χ2n) is 3.48. The normalized spacial score (nSPS) is 19.7. The topological polar surface area (TPSA) is 58.5 Å². The maximum absolute atomic E-state index is 4.08. The first-order chi connectivity index (χ1) is 7.34. The maximum atomic E-state index is 4.08. The van der Waals surface area contributed by atoms with E-state index in [1.165, 1.54) is 5.69 Å². The van der Waals surface area contributed by atoms with E-state index in [0.29, 0.717) is 6.04 Å². The lowest BCUT2D eigenvalue weighted by atomic mass is 10.2. The molecule has 0 aromatic carbocycles. The Bertz CT molecular complexity index is 461. The van der Waals surface area contributed by atoms with Crippen molar-refractivity contribution in [3.05, 3.63) is 29.8 Å². The number of aromatic amines is 1. The molecule has 0 bridgehead atoms. The molecule has 78 valence electrons. The zero-order chi connectivity index (χ0) is 10.3. The number of rotatable bonds is 1. The van der Waals surface area contributed by atoms with Crippen LogP contribution < -0.4 is 5.43 Å². The molecular weight excluding hydrogens is 210 g/mol. The highest BCUT2D eigenvalue weighted by Crippen LogP contribution is 2.28. The van der Waals surface area contributed by atoms with E-state index in [1.807, 2.05) is 23.9 Å². The SMILES string of the molecule is Cc1nnc2n1NC(c1ccc[nH]1)CS2. The van der Waals surface area contributed by atoms with Gasteiger partial charge in [0.2, 0.25) is 5.16 Å². The molecule has 1 aliphatic heterocycles. The smallest absolute Gasteiger partial charge is 0.210 e. The fourth-order valence-corrected chi connectivity index (χ4v) is 2.64. The first-order valence-electron chi connectivity index (χ1n) is 4.79. The van der Waals surface area contributed by atoms with E-state index < -0.39 is 0 Å². The number of hydrogen-bond acceptors (Lipinski definition) is 4. The van der Waals surface area contributed by atoms with Crippen LogP contribution in [0.25, 0.3) is 0 Å². The average Bonchev–Trinajstić information content (AvgIpc) is 2.88. The summed E-state index contributed by atoms with van der Waals surface area (Å²) >= 11 is 1.72. The minimum absolute atomic E-state index is 0.298. The Morgan fingerprint density at radius 3 is 3.27 bits per heavy atom. The van der Waals surface area contributed by atoms with Gasteiger partial charge in [-0.3, -0.25) is 0 Å². The fourth-order valence-electron chi connectivity index (χ4n) is 1.66. The van der Waals surface area contributed by atoms with Crippen molar-refractivity contribution in [2.24, 2.45) is 0 Å². The quantitative estimate of drug-likeness (QED) is 0.762. The molecule has 6 heteroatoms. The minimum Gasteiger partial charge on any atom is -0.363 e. The predicted octanol–water partition coefficient (Wildman–Crippen LogP) is 1.31. The molecule has 0 radical (unpaired) electrons. The predicted molar refractivity (Wildman–Crippen MR) is 58.4 cm³/mol. The van der Waals surface area contributed by atoms with Crippen LogP contribution in [0.3, 0.4) is 0 Å². The van der Waals surface area contributed by atoms with Gasteiger partial charge in [0.05, 0.1) is 6.04 Å². The second kappa shape index (κ2) is 3.30. The van der Waals surface area contributed by atoms with Crippen LogP contribution in [0.5, 0.6) is 0 Å². The zero-order valence-electron chi connectivity index (χ0n) is 8.27. The van der Waals surface area contributed by atoms with E-state index in [1.54, 1.807) is 11.8 Å². The Morgan fingerprint density at radius 1 is 1.53 bits per heavy atom. The van der Waals surface area contributed by atoms with Gasteiger partial charge in [0.15, 0.2) is 0 Å². The third-order valence-electron chi connectivity index (χ3n) is 2.46. The van der Waals surface area contributed by atoms with E-state index in [-0.39, 0.29) is 0 Å². The summed E-state index contributed by atoms with van der Waals surface area (Å²) in [5, 5.41) is 9.05. The van der Waals surface area contributed by atoms with Crippen molar-refractivity contribution in [2.75, 3.05) is 11.2 Å². The van der Waals surface area contributed by atoms with Crippen molar-refractivity contribution >= 4 is 11.8 Å². The van der Waals surface area contributed by atoms with Gasteiger partial charge in [-0.1, -0.05) is 11.8 Å². The largest absolute Gasteiger partial charge is 0.363 e. The van der Waals surface area contributed by atoms with Crippen LogP contribution in [0.1, 0.15) is 17.6 Å². The van der Waals surface area contributed by atoms with Crippen molar-refractivity contribution in [3.63, 3.8) is 0 Å². The molecule has 1 aliphatic rings. The summed E-state index contributed by atoms with van der Waals surface area (Å²) in [5.41, 5.74) is 4.58. The van der Waals surface area contributed by atoms with E-state index >= 15 is 0 Å². The molecule has 0 spiro atoms. The van der Waals surface area contributed by atoms with Crippen molar-refractivity contribution in [2.45, 2.75) is 18.1 Å². The number of thioether (sulfide) groups is 1. The molecule has 2 aromatic rings. The van der Waals surface area contributed by atoms with Crippen molar-refractivity contribution in [1.82, 2.24) is 19.9 Å². The lowest BCUT2D eigenvalue weighted by molar-refractivity contribution is 0.637. The van der Waals surface area contributed by atoms with Crippen LogP contribution in [0.15, 0.2) is 23.5 Å². The zero-order valence-corrected chi connectivity index (χ0v) is 9.08. The number of nitrogens with one attached hydrogen (secondary N) is 2. The van der Waals surface area contributed by atoms with E-state index in [2.05, 4.69) is 26.7 Å². The molecule has 2 N–H and O–H groups in total. The monoisotopic (exact) mass is 221 g/mol. The highest BCUT2D eigenvalue weighted by molar-refractivity contribution is 7.99. The molecule has 0 aliphatic carbocycles. The number of fused-ring (bicyclic) bond motifs is 1. The van der Waals surface area contributed by atoms with Gasteiger partial charge >= 0.3 is 0 Å². The molecule has 3 rings (SSSR count). The summed E-state index contributed by atoms with van der Waals surface area (Å²) in [7, 11) is 0. The molecule has 0 saturated heterocycles. The molecule has 0 amide bonds. The maximum Gasteiger partial charge on any atom is 0.210 e. The van der Waals surface area contributed by atoms with E-state index in [4.69, 9.17) is 0 Å². The Balaban J connectivity index is 1.91. The van der Waals surface area contributed by atoms with Crippen LogP contribution in [0.2, 0.25) is 0 Å². The molecule has 2 aromatic heterocycles. The summed E-state index contributed by atoms with van der Waals surface area (Å²) in [6, 6.07) is 4.39.